The maximum atomic E-state index is 13.0. The van der Waals surface area contributed by atoms with Crippen LogP contribution >= 0.6 is 0 Å². The van der Waals surface area contributed by atoms with Gasteiger partial charge in [0.25, 0.3) is 5.91 Å². The number of likely N-dealkylation sites (tertiary alicyclic amines) is 1. The van der Waals surface area contributed by atoms with Crippen LogP contribution in [0.3, 0.4) is 0 Å². The van der Waals surface area contributed by atoms with Crippen LogP contribution in [-0.4, -0.2) is 48.5 Å². The van der Waals surface area contributed by atoms with Gasteiger partial charge in [0.1, 0.15) is 18.3 Å². The molecule has 0 radical (unpaired) electrons. The Hall–Kier alpha value is -3.06. The van der Waals surface area contributed by atoms with E-state index in [0.717, 1.165) is 24.0 Å². The Balaban J connectivity index is 1.42. The van der Waals surface area contributed by atoms with Crippen molar-refractivity contribution in [2.45, 2.75) is 18.9 Å². The van der Waals surface area contributed by atoms with E-state index in [0.29, 0.717) is 24.5 Å². The van der Waals surface area contributed by atoms with Gasteiger partial charge < -0.3 is 14.6 Å². The maximum Gasteiger partial charge on any atom is 0.253 e. The van der Waals surface area contributed by atoms with Gasteiger partial charge in [0.2, 0.25) is 0 Å². The van der Waals surface area contributed by atoms with Crippen LogP contribution < -0.4 is 0 Å². The van der Waals surface area contributed by atoms with Crippen LogP contribution in [-0.2, 0) is 7.05 Å². The van der Waals surface area contributed by atoms with Gasteiger partial charge >= 0.3 is 0 Å². The van der Waals surface area contributed by atoms with Crippen molar-refractivity contribution in [2.24, 2.45) is 13.0 Å². The van der Waals surface area contributed by atoms with Crippen LogP contribution in [0.15, 0.2) is 55.4 Å². The molecule has 1 atom stereocenters. The molecule has 7 heteroatoms. The van der Waals surface area contributed by atoms with Crippen molar-refractivity contribution in [3.63, 3.8) is 0 Å². The van der Waals surface area contributed by atoms with Crippen molar-refractivity contribution < 1.29 is 9.90 Å². The third kappa shape index (κ3) is 3.66. The Morgan fingerprint density at radius 2 is 1.93 bits per heavy atom. The second-order valence-corrected chi connectivity index (χ2v) is 7.18. The van der Waals surface area contributed by atoms with Crippen LogP contribution in [0.2, 0.25) is 0 Å². The van der Waals surface area contributed by atoms with Gasteiger partial charge in [0.05, 0.1) is 0 Å². The monoisotopic (exact) mass is 377 g/mol. The van der Waals surface area contributed by atoms with Gasteiger partial charge in [-0.25, -0.2) is 15.0 Å². The number of carbonyl (C=O) groups excluding carboxylic acids is 1. The van der Waals surface area contributed by atoms with E-state index in [1.807, 2.05) is 47.0 Å². The van der Waals surface area contributed by atoms with E-state index in [1.165, 1.54) is 6.33 Å². The summed E-state index contributed by atoms with van der Waals surface area (Å²) in [4.78, 5) is 27.2. The van der Waals surface area contributed by atoms with E-state index < -0.39 is 6.10 Å². The van der Waals surface area contributed by atoms with Crippen molar-refractivity contribution in [3.05, 3.63) is 66.8 Å². The number of rotatable bonds is 4. The van der Waals surface area contributed by atoms with Gasteiger partial charge in [-0.05, 0) is 36.5 Å². The minimum atomic E-state index is -0.598. The van der Waals surface area contributed by atoms with Gasteiger partial charge in [0, 0.05) is 56.1 Å². The Kier molecular flexibility index (Phi) is 5.16. The summed E-state index contributed by atoms with van der Waals surface area (Å²) in [5.41, 5.74) is 2.46. The van der Waals surface area contributed by atoms with Crippen LogP contribution in [0.4, 0.5) is 0 Å². The largest absolute Gasteiger partial charge is 0.385 e. The first-order chi connectivity index (χ1) is 13.6. The van der Waals surface area contributed by atoms with E-state index in [4.69, 9.17) is 0 Å². The number of hydrogen-bond donors (Lipinski definition) is 1. The lowest BCUT2D eigenvalue weighted by atomic mass is 9.90. The quantitative estimate of drug-likeness (QED) is 0.755. The molecule has 1 N–H and O–H groups in total. The molecule has 1 aliphatic heterocycles. The van der Waals surface area contributed by atoms with Crippen LogP contribution in [0.1, 0.15) is 35.1 Å². The Morgan fingerprint density at radius 3 is 2.61 bits per heavy atom. The van der Waals surface area contributed by atoms with E-state index in [-0.39, 0.29) is 11.8 Å². The molecule has 2 aromatic heterocycles. The molecule has 1 saturated heterocycles. The summed E-state index contributed by atoms with van der Waals surface area (Å²) in [6.07, 6.45) is 9.41. The number of carbonyl (C=O) groups is 1. The van der Waals surface area contributed by atoms with Crippen LogP contribution in [0.5, 0.6) is 0 Å². The number of hydrogen-bond acceptors (Lipinski definition) is 5. The summed E-state index contributed by atoms with van der Waals surface area (Å²) < 4.78 is 1.85. The highest BCUT2D eigenvalue weighted by atomic mass is 16.3. The SMILES string of the molecule is Cn1ccnc1[C@@H](O)C1CCN(C(=O)c2cccc(-c3cncnc3)c2)CC1. The molecule has 144 valence electrons. The number of aryl methyl sites for hydroxylation is 1. The first kappa shape index (κ1) is 18.3. The summed E-state index contributed by atoms with van der Waals surface area (Å²) >= 11 is 0. The topological polar surface area (TPSA) is 84.1 Å². The highest BCUT2D eigenvalue weighted by Gasteiger charge is 2.30. The molecule has 0 unspecified atom stereocenters. The van der Waals surface area contributed by atoms with Crippen molar-refractivity contribution in [2.75, 3.05) is 13.1 Å². The smallest absolute Gasteiger partial charge is 0.253 e. The molecule has 1 amide bonds. The molecule has 3 aromatic rings. The second-order valence-electron chi connectivity index (χ2n) is 7.18. The second kappa shape index (κ2) is 7.90. The number of piperidine rings is 1. The molecule has 1 aliphatic rings. The molecular weight excluding hydrogens is 354 g/mol. The standard InChI is InChI=1S/C21H23N5O2/c1-25-10-7-24-20(25)19(27)15-5-8-26(9-6-15)21(28)17-4-2-3-16(11-17)18-12-22-14-23-13-18/h2-4,7,10-15,19,27H,5-6,8-9H2,1H3/t19-/m0/s1. The molecule has 1 fully saturated rings. The van der Waals surface area contributed by atoms with Crippen molar-refractivity contribution >= 4 is 5.91 Å². The number of nitrogens with zero attached hydrogens (tertiary/aromatic N) is 5. The molecule has 0 spiro atoms. The molecule has 1 aromatic carbocycles. The van der Waals surface area contributed by atoms with Gasteiger partial charge in [0.15, 0.2) is 0 Å². The molecule has 28 heavy (non-hydrogen) atoms. The van der Waals surface area contributed by atoms with Crippen LogP contribution in [0.25, 0.3) is 11.1 Å². The number of imidazole rings is 1. The zero-order chi connectivity index (χ0) is 19.5. The van der Waals surface area contributed by atoms with Gasteiger partial charge in [-0.3, -0.25) is 4.79 Å². The normalized spacial score (nSPS) is 16.1. The first-order valence-electron chi connectivity index (χ1n) is 9.43. The Bertz CT molecular complexity index is 948. The fourth-order valence-electron chi connectivity index (χ4n) is 3.75. The average molecular weight is 377 g/mol. The molecule has 0 bridgehead atoms. The molecule has 0 aliphatic carbocycles. The predicted octanol–water partition coefficient (Wildman–Crippen LogP) is 2.46. The van der Waals surface area contributed by atoms with E-state index in [1.54, 1.807) is 18.6 Å². The summed E-state index contributed by atoms with van der Waals surface area (Å²) in [6, 6.07) is 7.55. The van der Waals surface area contributed by atoms with Gasteiger partial charge in [-0.1, -0.05) is 12.1 Å². The van der Waals surface area contributed by atoms with Crippen molar-refractivity contribution in [1.82, 2.24) is 24.4 Å². The lowest BCUT2D eigenvalue weighted by Crippen LogP contribution is -2.40. The summed E-state index contributed by atoms with van der Waals surface area (Å²) in [6.45, 7) is 1.26. The van der Waals surface area contributed by atoms with E-state index >= 15 is 0 Å². The molecule has 0 saturated carbocycles. The molecule has 3 heterocycles. The van der Waals surface area contributed by atoms with Crippen molar-refractivity contribution in [3.8, 4) is 11.1 Å². The Morgan fingerprint density at radius 1 is 1.18 bits per heavy atom. The van der Waals surface area contributed by atoms with E-state index in [2.05, 4.69) is 15.0 Å². The minimum Gasteiger partial charge on any atom is -0.385 e. The highest BCUT2D eigenvalue weighted by Crippen LogP contribution is 2.30. The fourth-order valence-corrected chi connectivity index (χ4v) is 3.75. The number of amides is 1. The maximum absolute atomic E-state index is 13.0. The third-order valence-corrected chi connectivity index (χ3v) is 5.40. The number of benzene rings is 1. The summed E-state index contributed by atoms with van der Waals surface area (Å²) in [5.74, 6) is 0.809. The lowest BCUT2D eigenvalue weighted by Gasteiger charge is -2.34. The van der Waals surface area contributed by atoms with Gasteiger partial charge in [-0.15, -0.1) is 0 Å². The highest BCUT2D eigenvalue weighted by molar-refractivity contribution is 5.95. The first-order valence-corrected chi connectivity index (χ1v) is 9.43. The summed E-state index contributed by atoms with van der Waals surface area (Å²) in [7, 11) is 1.88. The fraction of sp³-hybridized carbons (Fsp3) is 0.333. The zero-order valence-electron chi connectivity index (χ0n) is 15.8. The van der Waals surface area contributed by atoms with Crippen molar-refractivity contribution in [1.29, 1.82) is 0 Å². The van der Waals surface area contributed by atoms with Gasteiger partial charge in [-0.2, -0.15) is 0 Å². The minimum absolute atomic E-state index is 0.0173. The third-order valence-electron chi connectivity index (χ3n) is 5.40. The summed E-state index contributed by atoms with van der Waals surface area (Å²) in [5, 5.41) is 10.6. The molecular formula is C21H23N5O2. The predicted molar refractivity (Wildman–Crippen MR) is 104 cm³/mol. The van der Waals surface area contributed by atoms with E-state index in [9.17, 15) is 9.90 Å². The number of aliphatic hydroxyl groups excluding tert-OH is 1. The molecule has 4 rings (SSSR count). The number of aromatic nitrogens is 4. The Labute approximate surface area is 163 Å². The zero-order valence-corrected chi connectivity index (χ0v) is 15.8. The number of aliphatic hydroxyl groups is 1. The van der Waals surface area contributed by atoms with Crippen LogP contribution in [0, 0.1) is 5.92 Å². The lowest BCUT2D eigenvalue weighted by molar-refractivity contribution is 0.0420. The average Bonchev–Trinajstić information content (AvgIpc) is 3.19. The molecule has 7 nitrogen and oxygen atoms in total.